The van der Waals surface area contributed by atoms with E-state index in [-0.39, 0.29) is 5.92 Å². The van der Waals surface area contributed by atoms with Gasteiger partial charge in [0.15, 0.2) is 5.13 Å². The van der Waals surface area contributed by atoms with Crippen LogP contribution < -0.4 is 5.73 Å². The lowest BCUT2D eigenvalue weighted by molar-refractivity contribution is 0.616. The van der Waals surface area contributed by atoms with Crippen molar-refractivity contribution in [3.8, 4) is 6.07 Å². The molecule has 1 unspecified atom stereocenters. The maximum absolute atomic E-state index is 9.32. The lowest BCUT2D eigenvalue weighted by Crippen LogP contribution is -2.10. The number of nitriles is 1. The Balaban J connectivity index is 2.11. The van der Waals surface area contributed by atoms with Crippen molar-refractivity contribution in [1.82, 2.24) is 4.98 Å². The van der Waals surface area contributed by atoms with Crippen LogP contribution in [0.25, 0.3) is 0 Å². The standard InChI is InChI=1S/C14H12BrN3S/c15-9-4-5-10(8(6-9)7-16)11-2-1-3-12-13(11)19-14(17)18-12/h4-6,11H,1-3H2,(H2,17,18). The van der Waals surface area contributed by atoms with E-state index >= 15 is 0 Å². The molecule has 96 valence electrons. The van der Waals surface area contributed by atoms with Gasteiger partial charge in [0.05, 0.1) is 17.3 Å². The number of nitrogens with zero attached hydrogens (tertiary/aromatic N) is 2. The van der Waals surface area contributed by atoms with Crippen LogP contribution in [0.15, 0.2) is 22.7 Å². The summed E-state index contributed by atoms with van der Waals surface area (Å²) in [5.41, 5.74) is 8.77. The van der Waals surface area contributed by atoms with Crippen molar-refractivity contribution in [3.05, 3.63) is 44.4 Å². The fraction of sp³-hybridized carbons (Fsp3) is 0.286. The van der Waals surface area contributed by atoms with Crippen molar-refractivity contribution in [3.63, 3.8) is 0 Å². The molecule has 0 bridgehead atoms. The minimum Gasteiger partial charge on any atom is -0.375 e. The third-order valence-electron chi connectivity index (χ3n) is 3.48. The van der Waals surface area contributed by atoms with E-state index in [1.807, 2.05) is 18.2 Å². The monoisotopic (exact) mass is 333 g/mol. The fourth-order valence-electron chi connectivity index (χ4n) is 2.66. The number of hydrogen-bond acceptors (Lipinski definition) is 4. The summed E-state index contributed by atoms with van der Waals surface area (Å²) in [7, 11) is 0. The first-order valence-corrected chi connectivity index (χ1v) is 7.74. The highest BCUT2D eigenvalue weighted by atomic mass is 79.9. The van der Waals surface area contributed by atoms with Gasteiger partial charge in [-0.05, 0) is 37.0 Å². The predicted octanol–water partition coefficient (Wildman–Crippen LogP) is 3.83. The number of rotatable bonds is 1. The molecule has 0 radical (unpaired) electrons. The molecule has 1 aromatic heterocycles. The number of benzene rings is 1. The number of halogens is 1. The first-order chi connectivity index (χ1) is 9.19. The SMILES string of the molecule is N#Cc1cc(Br)ccc1C1CCCc2nc(N)sc21. The topological polar surface area (TPSA) is 62.7 Å². The molecule has 3 nitrogen and oxygen atoms in total. The molecule has 2 aromatic rings. The molecule has 2 N–H and O–H groups in total. The molecule has 0 amide bonds. The van der Waals surface area contributed by atoms with Crippen LogP contribution in [0.3, 0.4) is 0 Å². The van der Waals surface area contributed by atoms with Gasteiger partial charge in [-0.1, -0.05) is 22.0 Å². The van der Waals surface area contributed by atoms with E-state index in [2.05, 4.69) is 27.0 Å². The zero-order chi connectivity index (χ0) is 13.4. The van der Waals surface area contributed by atoms with Crippen LogP contribution in [0.4, 0.5) is 5.13 Å². The van der Waals surface area contributed by atoms with E-state index in [1.165, 1.54) is 4.88 Å². The smallest absolute Gasteiger partial charge is 0.180 e. The van der Waals surface area contributed by atoms with E-state index < -0.39 is 0 Å². The number of thiazole rings is 1. The van der Waals surface area contributed by atoms with E-state index in [9.17, 15) is 5.26 Å². The molecule has 1 aromatic carbocycles. The van der Waals surface area contributed by atoms with Gasteiger partial charge in [-0.25, -0.2) is 4.98 Å². The van der Waals surface area contributed by atoms with Crippen molar-refractivity contribution in [2.45, 2.75) is 25.2 Å². The fourth-order valence-corrected chi connectivity index (χ4v) is 4.06. The molecular formula is C14H12BrN3S. The molecule has 1 aliphatic carbocycles. The quantitative estimate of drug-likeness (QED) is 0.862. The maximum Gasteiger partial charge on any atom is 0.180 e. The maximum atomic E-state index is 9.32. The Morgan fingerprint density at radius 2 is 2.32 bits per heavy atom. The highest BCUT2D eigenvalue weighted by Crippen LogP contribution is 2.42. The number of hydrogen-bond donors (Lipinski definition) is 1. The van der Waals surface area contributed by atoms with Crippen molar-refractivity contribution in [1.29, 1.82) is 5.26 Å². The zero-order valence-electron chi connectivity index (χ0n) is 10.2. The molecular weight excluding hydrogens is 322 g/mol. The van der Waals surface area contributed by atoms with Crippen molar-refractivity contribution >= 4 is 32.4 Å². The largest absolute Gasteiger partial charge is 0.375 e. The second-order valence-electron chi connectivity index (χ2n) is 4.65. The summed E-state index contributed by atoms with van der Waals surface area (Å²) >= 11 is 4.98. The van der Waals surface area contributed by atoms with E-state index in [4.69, 9.17) is 5.73 Å². The molecule has 5 heteroatoms. The van der Waals surface area contributed by atoms with Gasteiger partial charge in [-0.3, -0.25) is 0 Å². The Labute approximate surface area is 124 Å². The van der Waals surface area contributed by atoms with Crippen LogP contribution >= 0.6 is 27.3 Å². The van der Waals surface area contributed by atoms with Gasteiger partial charge < -0.3 is 5.73 Å². The average molecular weight is 334 g/mol. The van der Waals surface area contributed by atoms with Gasteiger partial charge in [-0.2, -0.15) is 5.26 Å². The number of fused-ring (bicyclic) bond motifs is 1. The first kappa shape index (κ1) is 12.6. The third kappa shape index (κ3) is 2.26. The average Bonchev–Trinajstić information content (AvgIpc) is 2.78. The van der Waals surface area contributed by atoms with Gasteiger partial charge in [0, 0.05) is 15.3 Å². The molecule has 1 aliphatic rings. The molecule has 0 fully saturated rings. The van der Waals surface area contributed by atoms with Gasteiger partial charge >= 0.3 is 0 Å². The number of aryl methyl sites for hydroxylation is 1. The molecule has 3 rings (SSSR count). The molecule has 19 heavy (non-hydrogen) atoms. The molecule has 0 saturated heterocycles. The summed E-state index contributed by atoms with van der Waals surface area (Å²) in [6.07, 6.45) is 3.16. The van der Waals surface area contributed by atoms with Crippen molar-refractivity contribution in [2.75, 3.05) is 5.73 Å². The van der Waals surface area contributed by atoms with Crippen LogP contribution in [0.1, 0.15) is 40.5 Å². The molecule has 1 heterocycles. The Kier molecular flexibility index (Phi) is 3.29. The lowest BCUT2D eigenvalue weighted by Gasteiger charge is -2.22. The summed E-state index contributed by atoms with van der Waals surface area (Å²) in [5.74, 6) is 0.265. The molecule has 0 spiro atoms. The predicted molar refractivity (Wildman–Crippen MR) is 80.2 cm³/mol. The second-order valence-corrected chi connectivity index (χ2v) is 6.63. The number of nitrogens with two attached hydrogens (primary N) is 1. The van der Waals surface area contributed by atoms with Crippen LogP contribution in [0.2, 0.25) is 0 Å². The third-order valence-corrected chi connectivity index (χ3v) is 5.01. The van der Waals surface area contributed by atoms with E-state index in [1.54, 1.807) is 11.3 Å². The van der Waals surface area contributed by atoms with Gasteiger partial charge in [0.2, 0.25) is 0 Å². The van der Waals surface area contributed by atoms with Crippen molar-refractivity contribution in [2.24, 2.45) is 0 Å². The molecule has 0 saturated carbocycles. The minimum absolute atomic E-state index is 0.265. The Morgan fingerprint density at radius 1 is 1.47 bits per heavy atom. The van der Waals surface area contributed by atoms with Crippen LogP contribution in [-0.4, -0.2) is 4.98 Å². The van der Waals surface area contributed by atoms with Crippen LogP contribution in [0.5, 0.6) is 0 Å². The van der Waals surface area contributed by atoms with Crippen LogP contribution in [0, 0.1) is 11.3 Å². The van der Waals surface area contributed by atoms with Crippen molar-refractivity contribution < 1.29 is 0 Å². The summed E-state index contributed by atoms with van der Waals surface area (Å²) in [5, 5.41) is 9.95. The molecule has 1 atom stereocenters. The minimum atomic E-state index is 0.265. The van der Waals surface area contributed by atoms with Gasteiger partial charge in [-0.15, -0.1) is 11.3 Å². The number of aromatic nitrogens is 1. The zero-order valence-corrected chi connectivity index (χ0v) is 12.6. The summed E-state index contributed by atoms with van der Waals surface area (Å²) in [6, 6.07) is 8.21. The van der Waals surface area contributed by atoms with E-state index in [0.717, 1.165) is 40.6 Å². The summed E-state index contributed by atoms with van der Waals surface area (Å²) < 4.78 is 0.938. The molecule has 0 aliphatic heterocycles. The lowest BCUT2D eigenvalue weighted by atomic mass is 9.84. The normalized spacial score (nSPS) is 17.8. The summed E-state index contributed by atoms with van der Waals surface area (Å²) in [6.45, 7) is 0. The number of anilines is 1. The van der Waals surface area contributed by atoms with Gasteiger partial charge in [0.25, 0.3) is 0 Å². The Morgan fingerprint density at radius 3 is 3.11 bits per heavy atom. The Bertz CT molecular complexity index is 672. The second kappa shape index (κ2) is 4.95. The highest BCUT2D eigenvalue weighted by molar-refractivity contribution is 9.10. The summed E-state index contributed by atoms with van der Waals surface area (Å²) in [4.78, 5) is 5.64. The van der Waals surface area contributed by atoms with Crippen LogP contribution in [-0.2, 0) is 6.42 Å². The van der Waals surface area contributed by atoms with E-state index in [0.29, 0.717) is 5.13 Å². The highest BCUT2D eigenvalue weighted by Gasteiger charge is 2.27. The first-order valence-electron chi connectivity index (χ1n) is 6.13. The van der Waals surface area contributed by atoms with Gasteiger partial charge in [0.1, 0.15) is 0 Å². The number of nitrogen functional groups attached to an aromatic ring is 1. The Hall–Kier alpha value is -1.38.